The summed E-state index contributed by atoms with van der Waals surface area (Å²) in [7, 11) is -1.00. The molecule has 0 spiro atoms. The molecular formula is C13H20O2SSi. The Bertz CT molecular complexity index is 385. The number of para-hydroxylation sites is 1. The maximum Gasteiger partial charge on any atom is 0.176 e. The molecule has 0 fully saturated rings. The van der Waals surface area contributed by atoms with E-state index < -0.39 is 8.07 Å². The van der Waals surface area contributed by atoms with Gasteiger partial charge in [0.2, 0.25) is 0 Å². The lowest BCUT2D eigenvalue weighted by Crippen LogP contribution is -2.20. The second kappa shape index (κ2) is 6.26. The van der Waals surface area contributed by atoms with Crippen LogP contribution >= 0.6 is 11.8 Å². The van der Waals surface area contributed by atoms with Crippen molar-refractivity contribution in [1.29, 1.82) is 0 Å². The topological polar surface area (TPSA) is 37.3 Å². The summed E-state index contributed by atoms with van der Waals surface area (Å²) < 4.78 is 0. The zero-order valence-corrected chi connectivity index (χ0v) is 12.5. The second-order valence-electron chi connectivity index (χ2n) is 5.30. The van der Waals surface area contributed by atoms with Gasteiger partial charge in [0.15, 0.2) is 5.78 Å². The summed E-state index contributed by atoms with van der Waals surface area (Å²) in [4.78, 5) is 11.8. The van der Waals surface area contributed by atoms with Crippen LogP contribution < -0.4 is 0 Å². The van der Waals surface area contributed by atoms with E-state index in [-0.39, 0.29) is 11.5 Å². The maximum absolute atomic E-state index is 11.8. The van der Waals surface area contributed by atoms with Gasteiger partial charge < -0.3 is 5.11 Å². The summed E-state index contributed by atoms with van der Waals surface area (Å²) in [5.74, 6) is 1.60. The number of phenolic OH excluding ortho intramolecular Hbond substituents is 1. The van der Waals surface area contributed by atoms with Crippen LogP contribution in [-0.4, -0.2) is 30.5 Å². The zero-order valence-electron chi connectivity index (χ0n) is 10.7. The van der Waals surface area contributed by atoms with Crippen molar-refractivity contribution in [3.8, 4) is 5.75 Å². The van der Waals surface area contributed by atoms with Gasteiger partial charge in [-0.15, -0.1) is 0 Å². The summed E-state index contributed by atoms with van der Waals surface area (Å²) in [5.41, 5.74) is 0.438. The van der Waals surface area contributed by atoms with Crippen LogP contribution in [0.2, 0.25) is 25.7 Å². The van der Waals surface area contributed by atoms with E-state index in [4.69, 9.17) is 0 Å². The molecule has 2 nitrogen and oxygen atoms in total. The van der Waals surface area contributed by atoms with Crippen LogP contribution in [0.25, 0.3) is 0 Å². The third-order valence-electron chi connectivity index (χ3n) is 2.43. The molecule has 1 rings (SSSR count). The van der Waals surface area contributed by atoms with Crippen molar-refractivity contribution in [1.82, 2.24) is 0 Å². The molecule has 0 aliphatic rings. The SMILES string of the molecule is C[Si](C)(C)CCSCC(=O)c1ccccc1O. The predicted octanol–water partition coefficient (Wildman–Crippen LogP) is 3.65. The van der Waals surface area contributed by atoms with Gasteiger partial charge in [0, 0.05) is 8.07 Å². The van der Waals surface area contributed by atoms with E-state index in [9.17, 15) is 9.90 Å². The molecule has 4 heteroatoms. The average Bonchev–Trinajstić information content (AvgIpc) is 2.23. The minimum Gasteiger partial charge on any atom is -0.507 e. The standard InChI is InChI=1S/C13H20O2SSi/c1-17(2,3)9-8-16-10-13(15)11-6-4-5-7-12(11)14/h4-7,14H,8-10H2,1-3H3. The van der Waals surface area contributed by atoms with Gasteiger partial charge >= 0.3 is 0 Å². The highest BCUT2D eigenvalue weighted by atomic mass is 32.2. The molecule has 0 amide bonds. The number of benzene rings is 1. The molecule has 0 atom stereocenters. The van der Waals surface area contributed by atoms with Gasteiger partial charge in [-0.1, -0.05) is 31.8 Å². The van der Waals surface area contributed by atoms with Crippen molar-refractivity contribution in [3.63, 3.8) is 0 Å². The van der Waals surface area contributed by atoms with Crippen LogP contribution in [0, 0.1) is 0 Å². The fraction of sp³-hybridized carbons (Fsp3) is 0.462. The highest BCUT2D eigenvalue weighted by Gasteiger charge is 2.14. The van der Waals surface area contributed by atoms with E-state index in [1.807, 2.05) is 0 Å². The lowest BCUT2D eigenvalue weighted by atomic mass is 10.1. The number of carbonyl (C=O) groups is 1. The average molecular weight is 268 g/mol. The number of rotatable bonds is 6. The molecule has 0 heterocycles. The maximum atomic E-state index is 11.8. The summed E-state index contributed by atoms with van der Waals surface area (Å²) in [6.07, 6.45) is 0. The van der Waals surface area contributed by atoms with Gasteiger partial charge in [-0.3, -0.25) is 4.79 Å². The highest BCUT2D eigenvalue weighted by Crippen LogP contribution is 2.19. The number of phenols is 1. The van der Waals surface area contributed by atoms with E-state index in [0.29, 0.717) is 11.3 Å². The monoisotopic (exact) mass is 268 g/mol. The molecule has 0 aliphatic heterocycles. The van der Waals surface area contributed by atoms with Gasteiger partial charge in [0.05, 0.1) is 11.3 Å². The zero-order chi connectivity index (χ0) is 12.9. The van der Waals surface area contributed by atoms with E-state index in [1.165, 1.54) is 6.04 Å². The highest BCUT2D eigenvalue weighted by molar-refractivity contribution is 8.00. The fourth-order valence-corrected chi connectivity index (χ4v) is 4.84. The Morgan fingerprint density at radius 2 is 1.94 bits per heavy atom. The Labute approximate surface area is 108 Å². The van der Waals surface area contributed by atoms with Crippen molar-refractivity contribution in [3.05, 3.63) is 29.8 Å². The summed E-state index contributed by atoms with van der Waals surface area (Å²) in [6.45, 7) is 7.00. The summed E-state index contributed by atoms with van der Waals surface area (Å²) in [6, 6.07) is 7.96. The van der Waals surface area contributed by atoms with Crippen LogP contribution in [0.15, 0.2) is 24.3 Å². The van der Waals surface area contributed by atoms with Crippen molar-refractivity contribution < 1.29 is 9.90 Å². The molecule has 94 valence electrons. The van der Waals surface area contributed by atoms with Crippen LogP contribution in [0.1, 0.15) is 10.4 Å². The first-order chi connectivity index (χ1) is 7.90. The minimum absolute atomic E-state index is 0.0173. The first-order valence-electron chi connectivity index (χ1n) is 5.79. The second-order valence-corrected chi connectivity index (χ2v) is 12.0. The third kappa shape index (κ3) is 5.41. The third-order valence-corrected chi connectivity index (χ3v) is 5.51. The van der Waals surface area contributed by atoms with Crippen LogP contribution in [0.3, 0.4) is 0 Å². The number of hydrogen-bond donors (Lipinski definition) is 1. The number of hydrogen-bond acceptors (Lipinski definition) is 3. The normalized spacial score (nSPS) is 11.5. The Kier molecular flexibility index (Phi) is 5.27. The molecule has 0 saturated heterocycles. The number of Topliss-reactive ketones (excluding diaryl/α,β-unsaturated/α-hetero) is 1. The van der Waals surface area contributed by atoms with Gasteiger partial charge in [-0.05, 0) is 23.9 Å². The Hall–Kier alpha value is -0.743. The Morgan fingerprint density at radius 3 is 2.53 bits per heavy atom. The van der Waals surface area contributed by atoms with Crippen LogP contribution in [-0.2, 0) is 0 Å². The van der Waals surface area contributed by atoms with Crippen LogP contribution in [0.4, 0.5) is 0 Å². The van der Waals surface area contributed by atoms with Crippen molar-refractivity contribution in [2.45, 2.75) is 25.7 Å². The van der Waals surface area contributed by atoms with E-state index in [1.54, 1.807) is 36.0 Å². The summed E-state index contributed by atoms with van der Waals surface area (Å²) >= 11 is 1.67. The van der Waals surface area contributed by atoms with Gasteiger partial charge in [-0.25, -0.2) is 0 Å². The lowest BCUT2D eigenvalue weighted by molar-refractivity contribution is 0.102. The first kappa shape index (κ1) is 14.3. The number of thioether (sulfide) groups is 1. The first-order valence-corrected chi connectivity index (χ1v) is 10.7. The molecule has 0 aromatic heterocycles. The minimum atomic E-state index is -1.00. The molecule has 0 aliphatic carbocycles. The van der Waals surface area contributed by atoms with E-state index in [0.717, 1.165) is 5.75 Å². The molecular weight excluding hydrogens is 248 g/mol. The quantitative estimate of drug-likeness (QED) is 0.486. The number of carbonyl (C=O) groups excluding carboxylic acids is 1. The number of ketones is 1. The summed E-state index contributed by atoms with van der Waals surface area (Å²) in [5, 5.41) is 9.54. The van der Waals surface area contributed by atoms with Gasteiger partial charge in [0.1, 0.15) is 5.75 Å². The van der Waals surface area contributed by atoms with Gasteiger partial charge in [0.25, 0.3) is 0 Å². The molecule has 0 unspecified atom stereocenters. The van der Waals surface area contributed by atoms with Crippen molar-refractivity contribution in [2.24, 2.45) is 0 Å². The molecule has 0 saturated carbocycles. The molecule has 17 heavy (non-hydrogen) atoms. The van der Waals surface area contributed by atoms with Crippen molar-refractivity contribution >= 4 is 25.6 Å². The van der Waals surface area contributed by atoms with E-state index >= 15 is 0 Å². The van der Waals surface area contributed by atoms with Crippen molar-refractivity contribution in [2.75, 3.05) is 11.5 Å². The Morgan fingerprint density at radius 1 is 1.29 bits per heavy atom. The van der Waals surface area contributed by atoms with Crippen LogP contribution in [0.5, 0.6) is 5.75 Å². The molecule has 1 aromatic rings. The molecule has 1 N–H and O–H groups in total. The number of aromatic hydroxyl groups is 1. The fourth-order valence-electron chi connectivity index (χ4n) is 1.33. The Balaban J connectivity index is 2.39. The molecule has 1 aromatic carbocycles. The van der Waals surface area contributed by atoms with E-state index in [2.05, 4.69) is 19.6 Å². The largest absolute Gasteiger partial charge is 0.507 e. The molecule has 0 radical (unpaired) electrons. The smallest absolute Gasteiger partial charge is 0.176 e. The van der Waals surface area contributed by atoms with Gasteiger partial charge in [-0.2, -0.15) is 11.8 Å². The predicted molar refractivity (Wildman–Crippen MR) is 77.9 cm³/mol. The molecule has 0 bridgehead atoms. The lowest BCUT2D eigenvalue weighted by Gasteiger charge is -2.14.